The molecule has 148 valence electrons. The van der Waals surface area contributed by atoms with Crippen LogP contribution in [0.25, 0.3) is 6.08 Å². The number of carbonyl (C=O) groups is 1. The minimum atomic E-state index is -0.598. The highest BCUT2D eigenvalue weighted by Gasteiger charge is 2.33. The summed E-state index contributed by atoms with van der Waals surface area (Å²) in [5.74, 6) is 0.586. The summed E-state index contributed by atoms with van der Waals surface area (Å²) in [5, 5.41) is 11.2. The second-order valence-electron chi connectivity index (χ2n) is 6.37. The molecule has 2 aromatic carbocycles. The summed E-state index contributed by atoms with van der Waals surface area (Å²) in [6.45, 7) is 4.06. The zero-order valence-corrected chi connectivity index (χ0v) is 16.8. The number of nitrogens with zero attached hydrogens (tertiary/aromatic N) is 1. The number of hydrogen-bond donors (Lipinski definition) is 1. The topological polar surface area (TPSA) is 77.4 Å². The summed E-state index contributed by atoms with van der Waals surface area (Å²) in [6, 6.07) is 13.1. The van der Waals surface area contributed by atoms with E-state index in [2.05, 4.69) is 4.99 Å². The maximum absolute atomic E-state index is 12.5. The van der Waals surface area contributed by atoms with Gasteiger partial charge < -0.3 is 19.3 Å². The number of aliphatic hydroxyl groups is 1. The Bertz CT molecular complexity index is 1070. The molecule has 0 unspecified atom stereocenters. The molecule has 1 N–H and O–H groups in total. The number of hydrogen-bond acceptors (Lipinski definition) is 7. The van der Waals surface area contributed by atoms with Crippen molar-refractivity contribution in [3.8, 4) is 11.5 Å². The Hall–Kier alpha value is -3.19. The van der Waals surface area contributed by atoms with Gasteiger partial charge in [-0.3, -0.25) is 0 Å². The quantitative estimate of drug-likeness (QED) is 0.723. The second kappa shape index (κ2) is 8.05. The average Bonchev–Trinajstić information content (AvgIpc) is 3.28. The van der Waals surface area contributed by atoms with E-state index in [1.165, 1.54) is 11.8 Å². The molecule has 0 radical (unpaired) electrons. The maximum atomic E-state index is 12.5. The monoisotopic (exact) mass is 409 g/mol. The Balaban J connectivity index is 1.74. The first-order valence-corrected chi connectivity index (χ1v) is 9.93. The Morgan fingerprint density at radius 1 is 1.24 bits per heavy atom. The molecule has 0 aliphatic carbocycles. The zero-order chi connectivity index (χ0) is 20.4. The number of thioether (sulfide) groups is 1. The normalized spacial score (nSPS) is 18.0. The van der Waals surface area contributed by atoms with Gasteiger partial charge in [-0.15, -0.1) is 0 Å². The minimum Gasteiger partial charge on any atom is -0.506 e. The zero-order valence-electron chi connectivity index (χ0n) is 16.0. The third-order valence-electron chi connectivity index (χ3n) is 4.40. The molecule has 0 aromatic heterocycles. The lowest BCUT2D eigenvalue weighted by Gasteiger charge is -2.05. The number of aliphatic imine (C=N–C) groups is 1. The van der Waals surface area contributed by atoms with E-state index in [-0.39, 0.29) is 24.7 Å². The van der Waals surface area contributed by atoms with Crippen molar-refractivity contribution in [1.82, 2.24) is 0 Å². The standard InChI is InChI=1S/C22H19NO5S/c1-3-26-22(25)19-20(24)18(11-14-8-9-16-17(10-14)28-12-27-16)29-21(19)23-15-7-5-4-6-13(15)2/h4-11,24H,3,12H2,1-2H3. The van der Waals surface area contributed by atoms with Gasteiger partial charge in [0, 0.05) is 0 Å². The van der Waals surface area contributed by atoms with Crippen LogP contribution in [0.5, 0.6) is 11.5 Å². The fourth-order valence-electron chi connectivity index (χ4n) is 2.94. The van der Waals surface area contributed by atoms with E-state index in [4.69, 9.17) is 14.2 Å². The van der Waals surface area contributed by atoms with Crippen molar-refractivity contribution in [2.45, 2.75) is 13.8 Å². The highest BCUT2D eigenvalue weighted by molar-refractivity contribution is 8.18. The molecule has 2 aliphatic heterocycles. The van der Waals surface area contributed by atoms with Crippen LogP contribution >= 0.6 is 11.8 Å². The molecule has 0 atom stereocenters. The highest BCUT2D eigenvalue weighted by Crippen LogP contribution is 2.41. The van der Waals surface area contributed by atoms with Crippen LogP contribution in [-0.4, -0.2) is 29.5 Å². The van der Waals surface area contributed by atoms with Gasteiger partial charge in [0.1, 0.15) is 16.4 Å². The summed E-state index contributed by atoms with van der Waals surface area (Å²) in [5.41, 5.74) is 2.58. The van der Waals surface area contributed by atoms with Crippen LogP contribution in [0.2, 0.25) is 0 Å². The van der Waals surface area contributed by atoms with E-state index < -0.39 is 5.97 Å². The molecule has 0 saturated heterocycles. The number of fused-ring (bicyclic) bond motifs is 1. The van der Waals surface area contributed by atoms with Crippen molar-refractivity contribution in [2.24, 2.45) is 4.99 Å². The van der Waals surface area contributed by atoms with Crippen molar-refractivity contribution < 1.29 is 24.1 Å². The van der Waals surface area contributed by atoms with Crippen molar-refractivity contribution in [1.29, 1.82) is 0 Å². The molecule has 0 spiro atoms. The highest BCUT2D eigenvalue weighted by atomic mass is 32.2. The van der Waals surface area contributed by atoms with Gasteiger partial charge in [-0.1, -0.05) is 36.0 Å². The predicted molar refractivity (Wildman–Crippen MR) is 113 cm³/mol. The first-order valence-electron chi connectivity index (χ1n) is 9.11. The lowest BCUT2D eigenvalue weighted by atomic mass is 10.1. The molecule has 0 saturated carbocycles. The van der Waals surface area contributed by atoms with Gasteiger partial charge >= 0.3 is 5.97 Å². The molecule has 4 rings (SSSR count). The van der Waals surface area contributed by atoms with Crippen LogP contribution < -0.4 is 9.47 Å². The van der Waals surface area contributed by atoms with Crippen molar-refractivity contribution in [3.05, 3.63) is 69.8 Å². The molecule has 0 fully saturated rings. The fourth-order valence-corrected chi connectivity index (χ4v) is 3.97. The number of carbonyl (C=O) groups excluding carboxylic acids is 1. The van der Waals surface area contributed by atoms with Crippen LogP contribution in [-0.2, 0) is 9.53 Å². The van der Waals surface area contributed by atoms with Crippen LogP contribution in [0.3, 0.4) is 0 Å². The largest absolute Gasteiger partial charge is 0.506 e. The molecule has 6 nitrogen and oxygen atoms in total. The van der Waals surface area contributed by atoms with Crippen LogP contribution in [0.4, 0.5) is 5.69 Å². The Morgan fingerprint density at radius 3 is 2.83 bits per heavy atom. The summed E-state index contributed by atoms with van der Waals surface area (Å²) < 4.78 is 15.9. The van der Waals surface area contributed by atoms with E-state index in [0.29, 0.717) is 21.4 Å². The average molecular weight is 409 g/mol. The van der Waals surface area contributed by atoms with Crippen molar-refractivity contribution in [2.75, 3.05) is 13.4 Å². The molecule has 7 heteroatoms. The third kappa shape index (κ3) is 3.86. The molecular formula is C22H19NO5S. The number of aliphatic hydroxyl groups excluding tert-OH is 1. The number of ether oxygens (including phenoxy) is 3. The first-order chi connectivity index (χ1) is 14.1. The first kappa shape index (κ1) is 19.1. The summed E-state index contributed by atoms with van der Waals surface area (Å²) in [6.07, 6.45) is 1.78. The molecule has 2 aromatic rings. The molecular weight excluding hydrogens is 390 g/mol. The Kier molecular flexibility index (Phi) is 5.31. The van der Waals surface area contributed by atoms with Crippen LogP contribution in [0.1, 0.15) is 18.1 Å². The molecule has 2 heterocycles. The van der Waals surface area contributed by atoms with Gasteiger partial charge in [0.25, 0.3) is 0 Å². The summed E-state index contributed by atoms with van der Waals surface area (Å²) >= 11 is 1.23. The Morgan fingerprint density at radius 2 is 2.03 bits per heavy atom. The maximum Gasteiger partial charge on any atom is 0.344 e. The molecule has 29 heavy (non-hydrogen) atoms. The summed E-state index contributed by atoms with van der Waals surface area (Å²) in [7, 11) is 0. The van der Waals surface area contributed by atoms with E-state index in [0.717, 1.165) is 16.8 Å². The number of aryl methyl sites for hydroxylation is 1. The van der Waals surface area contributed by atoms with E-state index in [9.17, 15) is 9.90 Å². The number of para-hydroxylation sites is 1. The van der Waals surface area contributed by atoms with E-state index in [1.54, 1.807) is 13.0 Å². The number of benzene rings is 2. The lowest BCUT2D eigenvalue weighted by molar-refractivity contribution is -0.138. The van der Waals surface area contributed by atoms with Crippen LogP contribution in [0, 0.1) is 6.92 Å². The van der Waals surface area contributed by atoms with E-state index in [1.807, 2.05) is 49.4 Å². The minimum absolute atomic E-state index is 0.0760. The van der Waals surface area contributed by atoms with Crippen molar-refractivity contribution >= 4 is 34.5 Å². The number of esters is 1. The van der Waals surface area contributed by atoms with Crippen molar-refractivity contribution in [3.63, 3.8) is 0 Å². The van der Waals surface area contributed by atoms with Gasteiger partial charge in [0.15, 0.2) is 11.5 Å². The second-order valence-corrected chi connectivity index (χ2v) is 7.40. The van der Waals surface area contributed by atoms with Gasteiger partial charge in [-0.25, -0.2) is 9.79 Å². The summed E-state index contributed by atoms with van der Waals surface area (Å²) in [4.78, 5) is 17.6. The smallest absolute Gasteiger partial charge is 0.344 e. The predicted octanol–water partition coefficient (Wildman–Crippen LogP) is 4.92. The fraction of sp³-hybridized carbons (Fsp3) is 0.182. The molecule has 0 amide bonds. The molecule has 0 bridgehead atoms. The van der Waals surface area contributed by atoms with Gasteiger partial charge in [0.05, 0.1) is 17.2 Å². The number of rotatable bonds is 4. The lowest BCUT2D eigenvalue weighted by Crippen LogP contribution is -2.12. The van der Waals surface area contributed by atoms with Gasteiger partial charge in [-0.2, -0.15) is 0 Å². The SMILES string of the molecule is CCOC(=O)C1=C(O)C(=Cc2ccc3c(c2)OCO3)SC1=Nc1ccccc1C. The van der Waals surface area contributed by atoms with Crippen LogP contribution in [0.15, 0.2) is 63.7 Å². The molecule has 2 aliphatic rings. The van der Waals surface area contributed by atoms with Gasteiger partial charge in [0.2, 0.25) is 6.79 Å². The van der Waals surface area contributed by atoms with E-state index >= 15 is 0 Å². The third-order valence-corrected chi connectivity index (χ3v) is 5.42. The Labute approximate surface area is 172 Å². The van der Waals surface area contributed by atoms with Gasteiger partial charge in [-0.05, 0) is 49.2 Å².